The zero-order valence-corrected chi connectivity index (χ0v) is 19.7. The summed E-state index contributed by atoms with van der Waals surface area (Å²) in [5.41, 5.74) is 1.36. The Morgan fingerprint density at radius 1 is 0.853 bits per heavy atom. The molecular formula is C23H25N2O7PS. The fourth-order valence-electron chi connectivity index (χ4n) is 3.22. The Bertz CT molecular complexity index is 1220. The van der Waals surface area contributed by atoms with E-state index in [9.17, 15) is 27.6 Å². The second-order valence-electron chi connectivity index (χ2n) is 7.47. The van der Waals surface area contributed by atoms with E-state index in [-0.39, 0.29) is 12.2 Å². The minimum Gasteiger partial charge on any atom is -0.445 e. The van der Waals surface area contributed by atoms with Crippen LogP contribution >= 0.6 is 7.60 Å². The third-order valence-corrected chi connectivity index (χ3v) is 7.48. The summed E-state index contributed by atoms with van der Waals surface area (Å²) in [6.07, 6.45) is -0.831. The van der Waals surface area contributed by atoms with Gasteiger partial charge in [0.2, 0.25) is 10.0 Å². The van der Waals surface area contributed by atoms with Gasteiger partial charge in [-0.25, -0.2) is 13.2 Å². The van der Waals surface area contributed by atoms with Crippen LogP contribution in [-0.2, 0) is 25.9 Å². The third-order valence-electron chi connectivity index (χ3n) is 4.84. The van der Waals surface area contributed by atoms with Gasteiger partial charge in [0.25, 0.3) is 0 Å². The minimum absolute atomic E-state index is 0.00648. The van der Waals surface area contributed by atoms with Crippen LogP contribution in [0.2, 0.25) is 0 Å². The summed E-state index contributed by atoms with van der Waals surface area (Å²) < 4.78 is 45.3. The molecule has 0 aliphatic heterocycles. The summed E-state index contributed by atoms with van der Waals surface area (Å²) in [5.74, 6) is -2.43. The van der Waals surface area contributed by atoms with Crippen LogP contribution < -0.4 is 10.0 Å². The average molecular weight is 505 g/mol. The topological polar surface area (TPSA) is 142 Å². The Balaban J connectivity index is 1.77. The molecule has 1 unspecified atom stereocenters. The Labute approximate surface area is 198 Å². The fraction of sp³-hybridized carbons (Fsp3) is 0.174. The Morgan fingerprint density at radius 3 is 1.88 bits per heavy atom. The number of hydrogen-bond donors (Lipinski definition) is 4. The van der Waals surface area contributed by atoms with Gasteiger partial charge in [0.1, 0.15) is 12.4 Å². The number of rotatable bonds is 10. The summed E-state index contributed by atoms with van der Waals surface area (Å²) in [6.45, 7) is -0.00648. The van der Waals surface area contributed by atoms with Crippen LogP contribution in [0.15, 0.2) is 91.0 Å². The van der Waals surface area contributed by atoms with Crippen molar-refractivity contribution in [1.29, 1.82) is 0 Å². The largest absolute Gasteiger partial charge is 0.445 e. The molecule has 34 heavy (non-hydrogen) atoms. The number of carbonyl (C=O) groups is 1. The molecule has 0 saturated heterocycles. The lowest BCUT2D eigenvalue weighted by Crippen LogP contribution is -2.38. The number of alkyl carbamates (subject to hydrolysis) is 1. The molecule has 9 nitrogen and oxygen atoms in total. The lowest BCUT2D eigenvalue weighted by molar-refractivity contribution is 0.136. The molecule has 3 rings (SSSR count). The van der Waals surface area contributed by atoms with Gasteiger partial charge in [-0.05, 0) is 16.7 Å². The van der Waals surface area contributed by atoms with Crippen molar-refractivity contribution >= 4 is 23.7 Å². The van der Waals surface area contributed by atoms with Gasteiger partial charge in [0, 0.05) is 0 Å². The summed E-state index contributed by atoms with van der Waals surface area (Å²) in [6, 6.07) is 23.9. The van der Waals surface area contributed by atoms with Gasteiger partial charge in [-0.2, -0.15) is 4.72 Å². The highest BCUT2D eigenvalue weighted by Gasteiger charge is 2.35. The van der Waals surface area contributed by atoms with Gasteiger partial charge in [-0.15, -0.1) is 0 Å². The maximum atomic E-state index is 13.0. The van der Waals surface area contributed by atoms with Gasteiger partial charge in [-0.1, -0.05) is 91.0 Å². The van der Waals surface area contributed by atoms with Crippen LogP contribution in [0.4, 0.5) is 4.79 Å². The van der Waals surface area contributed by atoms with E-state index < -0.39 is 41.3 Å². The number of hydrogen-bond acceptors (Lipinski definition) is 5. The number of amides is 1. The molecule has 0 spiro atoms. The van der Waals surface area contributed by atoms with Crippen molar-refractivity contribution in [2.45, 2.75) is 18.4 Å². The van der Waals surface area contributed by atoms with Crippen molar-refractivity contribution in [2.24, 2.45) is 0 Å². The summed E-state index contributed by atoms with van der Waals surface area (Å²) >= 11 is 0. The zero-order valence-electron chi connectivity index (χ0n) is 18.0. The maximum Gasteiger partial charge on any atom is 0.407 e. The molecule has 3 aromatic rings. The Kier molecular flexibility index (Phi) is 8.60. The molecule has 0 heterocycles. The molecule has 4 N–H and O–H groups in total. The third kappa shape index (κ3) is 7.79. The van der Waals surface area contributed by atoms with Crippen molar-refractivity contribution in [3.63, 3.8) is 0 Å². The van der Waals surface area contributed by atoms with Crippen molar-refractivity contribution in [3.8, 4) is 0 Å². The molecule has 0 bridgehead atoms. The summed E-state index contributed by atoms with van der Waals surface area (Å²) in [5, 5.41) is 2.54. The molecule has 180 valence electrons. The Hall–Kier alpha value is -3.01. The molecule has 1 amide bonds. The van der Waals surface area contributed by atoms with Crippen molar-refractivity contribution < 1.29 is 32.3 Å². The molecule has 0 aromatic heterocycles. The second kappa shape index (κ2) is 11.4. The van der Waals surface area contributed by atoms with Crippen LogP contribution in [0.5, 0.6) is 0 Å². The molecule has 0 radical (unpaired) electrons. The Morgan fingerprint density at radius 2 is 1.35 bits per heavy atom. The van der Waals surface area contributed by atoms with Crippen LogP contribution in [0, 0.1) is 0 Å². The monoisotopic (exact) mass is 504 g/mol. The normalized spacial score (nSPS) is 13.6. The molecular weight excluding hydrogens is 479 g/mol. The first kappa shape index (κ1) is 25.6. The highest BCUT2D eigenvalue weighted by atomic mass is 32.2. The smallest absolute Gasteiger partial charge is 0.407 e. The van der Waals surface area contributed by atoms with Crippen molar-refractivity contribution in [2.75, 3.05) is 5.75 Å². The molecule has 0 fully saturated rings. The quantitative estimate of drug-likeness (QED) is 0.310. The van der Waals surface area contributed by atoms with E-state index in [1.54, 1.807) is 72.8 Å². The first-order valence-corrected chi connectivity index (χ1v) is 13.6. The lowest BCUT2D eigenvalue weighted by Gasteiger charge is -2.23. The van der Waals surface area contributed by atoms with Gasteiger partial charge in [0.15, 0.2) is 0 Å². The van der Waals surface area contributed by atoms with E-state index in [1.807, 2.05) is 6.07 Å². The molecule has 0 aliphatic carbocycles. The van der Waals surface area contributed by atoms with E-state index in [0.29, 0.717) is 5.56 Å². The molecule has 0 saturated carbocycles. The number of carbonyl (C=O) groups excluding carboxylic acids is 1. The highest BCUT2D eigenvalue weighted by molar-refractivity contribution is 7.89. The van der Waals surface area contributed by atoms with Crippen LogP contribution in [-0.4, -0.2) is 30.1 Å². The van der Waals surface area contributed by atoms with E-state index in [1.165, 1.54) is 12.1 Å². The van der Waals surface area contributed by atoms with Crippen molar-refractivity contribution in [1.82, 2.24) is 10.0 Å². The zero-order chi connectivity index (χ0) is 24.6. The number of ether oxygens (including phenoxy) is 1. The van der Waals surface area contributed by atoms with Gasteiger partial charge < -0.3 is 19.8 Å². The van der Waals surface area contributed by atoms with Crippen LogP contribution in [0.3, 0.4) is 0 Å². The summed E-state index contributed by atoms with van der Waals surface area (Å²) in [4.78, 5) is 31.9. The standard InChI is InChI=1S/C23H25N2O7PS/c26-23(32-16-18-10-4-1-5-11-18)24-21(19-12-6-2-7-13-19)17-34(30,31)25-22(33(27,28)29)20-14-8-3-9-15-20/h1-15,21-22,25H,16-17H2,(H,24,26)(H2,27,28,29)/t21-,22?/m1/s1. The lowest BCUT2D eigenvalue weighted by atomic mass is 10.1. The van der Waals surface area contributed by atoms with Crippen LogP contribution in [0.1, 0.15) is 28.5 Å². The first-order chi connectivity index (χ1) is 16.1. The molecule has 3 aromatic carbocycles. The molecule has 2 atom stereocenters. The predicted octanol–water partition coefficient (Wildman–Crippen LogP) is 3.45. The number of nitrogens with one attached hydrogen (secondary N) is 2. The van der Waals surface area contributed by atoms with E-state index in [0.717, 1.165) is 5.56 Å². The highest BCUT2D eigenvalue weighted by Crippen LogP contribution is 2.50. The summed E-state index contributed by atoms with van der Waals surface area (Å²) in [7, 11) is -9.17. The first-order valence-electron chi connectivity index (χ1n) is 10.3. The average Bonchev–Trinajstić information content (AvgIpc) is 2.82. The van der Waals surface area contributed by atoms with E-state index in [2.05, 4.69) is 10.0 Å². The molecule has 0 aliphatic rings. The predicted molar refractivity (Wildman–Crippen MR) is 127 cm³/mol. The van der Waals surface area contributed by atoms with Crippen molar-refractivity contribution in [3.05, 3.63) is 108 Å². The van der Waals surface area contributed by atoms with Gasteiger partial charge >= 0.3 is 13.7 Å². The van der Waals surface area contributed by atoms with Crippen LogP contribution in [0.25, 0.3) is 0 Å². The number of benzene rings is 3. The SMILES string of the molecule is O=C(N[C@H](CS(=O)(=O)NC(c1ccccc1)P(=O)(O)O)c1ccccc1)OCc1ccccc1. The van der Waals surface area contributed by atoms with E-state index >= 15 is 0 Å². The number of sulfonamides is 1. The molecule has 11 heteroatoms. The van der Waals surface area contributed by atoms with E-state index in [4.69, 9.17) is 4.74 Å². The fourth-order valence-corrected chi connectivity index (χ4v) is 6.10. The maximum absolute atomic E-state index is 13.0. The van der Waals surface area contributed by atoms with Gasteiger partial charge in [-0.3, -0.25) is 4.57 Å². The second-order valence-corrected chi connectivity index (χ2v) is 11.0. The minimum atomic E-state index is -4.88. The van der Waals surface area contributed by atoms with Gasteiger partial charge in [0.05, 0.1) is 11.8 Å².